The number of carboxylic acids is 1. The molecule has 7 nitrogen and oxygen atoms in total. The second-order valence-corrected chi connectivity index (χ2v) is 5.51. The lowest BCUT2D eigenvalue weighted by Gasteiger charge is -2.13. The van der Waals surface area contributed by atoms with Gasteiger partial charge >= 0.3 is 5.97 Å². The van der Waals surface area contributed by atoms with Gasteiger partial charge in [0.1, 0.15) is 17.9 Å². The Morgan fingerprint density at radius 1 is 0.963 bits per heavy atom. The average Bonchev–Trinajstić information content (AvgIpc) is 2.72. The van der Waals surface area contributed by atoms with Crippen LogP contribution in [0.2, 0.25) is 0 Å². The van der Waals surface area contributed by atoms with Crippen molar-refractivity contribution in [2.24, 2.45) is 0 Å². The molecule has 27 heavy (non-hydrogen) atoms. The fourth-order valence-corrected chi connectivity index (χ4v) is 2.60. The van der Waals surface area contributed by atoms with Crippen LogP contribution in [0.15, 0.2) is 54.6 Å². The van der Waals surface area contributed by atoms with E-state index in [0.717, 1.165) is 5.56 Å². The molecule has 0 saturated heterocycles. The molecule has 0 atom stereocenters. The van der Waals surface area contributed by atoms with Crippen LogP contribution in [-0.4, -0.2) is 35.3 Å². The van der Waals surface area contributed by atoms with Crippen molar-refractivity contribution >= 4 is 5.97 Å². The number of carbonyl (C=O) groups is 1. The zero-order chi connectivity index (χ0) is 19.2. The zero-order valence-corrected chi connectivity index (χ0v) is 14.9. The smallest absolute Gasteiger partial charge is 0.340 e. The Morgan fingerprint density at radius 2 is 1.63 bits per heavy atom. The van der Waals surface area contributed by atoms with Crippen molar-refractivity contribution in [2.45, 2.75) is 6.61 Å². The quantitative estimate of drug-likeness (QED) is 0.685. The van der Waals surface area contributed by atoms with E-state index < -0.39 is 5.97 Å². The van der Waals surface area contributed by atoms with Crippen LogP contribution in [0.5, 0.6) is 17.5 Å². The summed E-state index contributed by atoms with van der Waals surface area (Å²) in [4.78, 5) is 20.2. The number of aromatic nitrogens is 2. The minimum Gasteiger partial charge on any atom is -0.485 e. The lowest BCUT2D eigenvalue weighted by Crippen LogP contribution is -2.08. The second-order valence-electron chi connectivity index (χ2n) is 5.51. The molecule has 0 unspecified atom stereocenters. The molecule has 0 amide bonds. The Kier molecular flexibility index (Phi) is 5.51. The third-order valence-electron chi connectivity index (χ3n) is 3.83. The van der Waals surface area contributed by atoms with Gasteiger partial charge in [0.25, 0.3) is 0 Å². The first-order valence-corrected chi connectivity index (χ1v) is 8.13. The highest BCUT2D eigenvalue weighted by atomic mass is 16.5. The van der Waals surface area contributed by atoms with E-state index >= 15 is 0 Å². The summed E-state index contributed by atoms with van der Waals surface area (Å²) >= 11 is 0. The summed E-state index contributed by atoms with van der Waals surface area (Å²) in [6.45, 7) is -0.0356. The number of methoxy groups -OCH3 is 2. The maximum atomic E-state index is 11.9. The van der Waals surface area contributed by atoms with Gasteiger partial charge in [-0.3, -0.25) is 0 Å². The molecular weight excluding hydrogens is 348 g/mol. The fraction of sp³-hybridized carbons (Fsp3) is 0.150. The number of hydrogen-bond donors (Lipinski definition) is 1. The minimum atomic E-state index is -1.08. The summed E-state index contributed by atoms with van der Waals surface area (Å²) in [6, 6.07) is 15.9. The SMILES string of the molecule is COc1cc(OC)nc(COc2cccc(-c3ccccc3)c2C(=O)O)n1. The van der Waals surface area contributed by atoms with Crippen LogP contribution < -0.4 is 14.2 Å². The monoisotopic (exact) mass is 366 g/mol. The van der Waals surface area contributed by atoms with Crippen LogP contribution in [0, 0.1) is 0 Å². The zero-order valence-electron chi connectivity index (χ0n) is 14.9. The van der Waals surface area contributed by atoms with E-state index in [1.165, 1.54) is 14.2 Å². The summed E-state index contributed by atoms with van der Waals surface area (Å²) in [6.07, 6.45) is 0. The molecule has 0 aliphatic carbocycles. The number of benzene rings is 2. The first-order chi connectivity index (χ1) is 13.1. The van der Waals surface area contributed by atoms with Crippen LogP contribution in [0.25, 0.3) is 11.1 Å². The number of carboxylic acid groups (broad SMARTS) is 1. The molecule has 0 aliphatic heterocycles. The predicted octanol–water partition coefficient (Wildman–Crippen LogP) is 3.44. The summed E-state index contributed by atoms with van der Waals surface area (Å²) in [5, 5.41) is 9.72. The molecule has 1 N–H and O–H groups in total. The van der Waals surface area contributed by atoms with E-state index in [1.807, 2.05) is 30.3 Å². The highest BCUT2D eigenvalue weighted by molar-refractivity contribution is 5.99. The number of rotatable bonds is 7. The van der Waals surface area contributed by atoms with Gasteiger partial charge < -0.3 is 19.3 Å². The number of hydrogen-bond acceptors (Lipinski definition) is 6. The number of ether oxygens (including phenoxy) is 3. The topological polar surface area (TPSA) is 90.8 Å². The van der Waals surface area contributed by atoms with Crippen LogP contribution >= 0.6 is 0 Å². The first kappa shape index (κ1) is 18.2. The van der Waals surface area contributed by atoms with Gasteiger partial charge in [-0.2, -0.15) is 9.97 Å². The third-order valence-corrected chi connectivity index (χ3v) is 3.83. The minimum absolute atomic E-state index is 0.0356. The summed E-state index contributed by atoms with van der Waals surface area (Å²) in [7, 11) is 2.97. The van der Waals surface area contributed by atoms with Crippen molar-refractivity contribution in [3.8, 4) is 28.6 Å². The molecule has 0 saturated carbocycles. The lowest BCUT2D eigenvalue weighted by molar-refractivity contribution is 0.0692. The van der Waals surface area contributed by atoms with E-state index in [1.54, 1.807) is 24.3 Å². The molecule has 0 aliphatic rings. The summed E-state index contributed by atoms with van der Waals surface area (Å²) < 4.78 is 15.9. The van der Waals surface area contributed by atoms with Crippen molar-refractivity contribution in [2.75, 3.05) is 14.2 Å². The van der Waals surface area contributed by atoms with Crippen molar-refractivity contribution in [1.29, 1.82) is 0 Å². The normalized spacial score (nSPS) is 10.3. The number of nitrogens with zero attached hydrogens (tertiary/aromatic N) is 2. The molecule has 3 aromatic rings. The van der Waals surface area contributed by atoms with Crippen molar-refractivity contribution in [3.05, 3.63) is 66.0 Å². The molecule has 1 aromatic heterocycles. The Bertz CT molecular complexity index is 922. The van der Waals surface area contributed by atoms with Crippen LogP contribution in [0.3, 0.4) is 0 Å². The van der Waals surface area contributed by atoms with Gasteiger partial charge in [-0.25, -0.2) is 4.79 Å². The van der Waals surface area contributed by atoms with Crippen molar-refractivity contribution in [1.82, 2.24) is 9.97 Å². The number of aromatic carboxylic acids is 1. The van der Waals surface area contributed by atoms with E-state index in [4.69, 9.17) is 14.2 Å². The van der Waals surface area contributed by atoms with Gasteiger partial charge in [0.05, 0.1) is 20.3 Å². The van der Waals surface area contributed by atoms with Gasteiger partial charge in [-0.05, 0) is 17.2 Å². The van der Waals surface area contributed by atoms with Gasteiger partial charge in [0.15, 0.2) is 5.82 Å². The summed E-state index contributed by atoms with van der Waals surface area (Å²) in [5.41, 5.74) is 1.45. The molecule has 0 radical (unpaired) electrons. The van der Waals surface area contributed by atoms with Gasteiger partial charge in [-0.1, -0.05) is 42.5 Å². The van der Waals surface area contributed by atoms with Crippen molar-refractivity contribution < 1.29 is 24.1 Å². The molecule has 0 fully saturated rings. The molecule has 138 valence electrons. The van der Waals surface area contributed by atoms with Crippen LogP contribution in [0.4, 0.5) is 0 Å². The highest BCUT2D eigenvalue weighted by Crippen LogP contribution is 2.31. The Balaban J connectivity index is 1.93. The molecular formula is C20H18N2O5. The molecule has 7 heteroatoms. The average molecular weight is 366 g/mol. The maximum Gasteiger partial charge on any atom is 0.340 e. The van der Waals surface area contributed by atoms with E-state index in [-0.39, 0.29) is 17.9 Å². The van der Waals surface area contributed by atoms with Crippen LogP contribution in [-0.2, 0) is 6.61 Å². The summed E-state index contributed by atoms with van der Waals surface area (Å²) in [5.74, 6) is 0.129. The van der Waals surface area contributed by atoms with E-state index in [2.05, 4.69) is 9.97 Å². The standard InChI is InChI=1S/C20H18N2O5/c1-25-17-11-18(26-2)22-16(21-17)12-27-15-10-6-9-14(19(15)20(23)24)13-7-4-3-5-8-13/h3-11H,12H2,1-2H3,(H,23,24). The molecule has 2 aromatic carbocycles. The van der Waals surface area contributed by atoms with E-state index in [9.17, 15) is 9.90 Å². The van der Waals surface area contributed by atoms with Crippen LogP contribution in [0.1, 0.15) is 16.2 Å². The van der Waals surface area contributed by atoms with Crippen molar-refractivity contribution in [3.63, 3.8) is 0 Å². The van der Waals surface area contributed by atoms with Gasteiger partial charge in [-0.15, -0.1) is 0 Å². The lowest BCUT2D eigenvalue weighted by atomic mass is 9.99. The maximum absolute atomic E-state index is 11.9. The third kappa shape index (κ3) is 4.14. The Labute approximate surface area is 156 Å². The molecule has 0 spiro atoms. The largest absolute Gasteiger partial charge is 0.485 e. The fourth-order valence-electron chi connectivity index (χ4n) is 2.60. The highest BCUT2D eigenvalue weighted by Gasteiger charge is 2.18. The second kappa shape index (κ2) is 8.18. The molecule has 0 bridgehead atoms. The molecule has 3 rings (SSSR count). The van der Waals surface area contributed by atoms with E-state index in [0.29, 0.717) is 23.1 Å². The van der Waals surface area contributed by atoms with Gasteiger partial charge in [0, 0.05) is 0 Å². The first-order valence-electron chi connectivity index (χ1n) is 8.13. The van der Waals surface area contributed by atoms with Gasteiger partial charge in [0.2, 0.25) is 11.8 Å². The molecule has 1 heterocycles. The predicted molar refractivity (Wildman–Crippen MR) is 98.3 cm³/mol. The Hall–Kier alpha value is -3.61. The Morgan fingerprint density at radius 3 is 2.22 bits per heavy atom.